The van der Waals surface area contributed by atoms with Crippen LogP contribution in [-0.4, -0.2) is 43.5 Å². The molecule has 0 saturated carbocycles. The quantitative estimate of drug-likeness (QED) is 0.568. The number of benzene rings is 2. The van der Waals surface area contributed by atoms with E-state index in [0.717, 1.165) is 4.90 Å². The van der Waals surface area contributed by atoms with Crippen LogP contribution in [0.1, 0.15) is 27.3 Å². The predicted molar refractivity (Wildman–Crippen MR) is 113 cm³/mol. The lowest BCUT2D eigenvalue weighted by Crippen LogP contribution is -2.35. The van der Waals surface area contributed by atoms with Gasteiger partial charge < -0.3 is 10.2 Å². The number of aromatic nitrogens is 2. The Morgan fingerprint density at radius 3 is 2.39 bits per heavy atom. The molecule has 1 aliphatic heterocycles. The van der Waals surface area contributed by atoms with Gasteiger partial charge in [-0.1, -0.05) is 35.3 Å². The average molecular weight is 462 g/mol. The number of fused-ring (bicyclic) bond motifs is 1. The van der Waals surface area contributed by atoms with Gasteiger partial charge in [0.05, 0.1) is 29.5 Å². The van der Waals surface area contributed by atoms with Crippen molar-refractivity contribution < 1.29 is 24.2 Å². The van der Waals surface area contributed by atoms with Crippen LogP contribution in [0.2, 0.25) is 10.0 Å². The highest BCUT2D eigenvalue weighted by atomic mass is 35.5. The molecule has 0 aliphatic carbocycles. The normalized spacial score (nSPS) is 14.5. The molecule has 3 aromatic rings. The van der Waals surface area contributed by atoms with E-state index in [2.05, 4.69) is 5.10 Å². The lowest BCUT2D eigenvalue weighted by atomic mass is 9.98. The van der Waals surface area contributed by atoms with Crippen LogP contribution >= 0.6 is 23.2 Å². The van der Waals surface area contributed by atoms with E-state index < -0.39 is 17.9 Å². The summed E-state index contributed by atoms with van der Waals surface area (Å²) in [5, 5.41) is 24.1. The SMILES string of the molecule is O=C(O)c1nn(-c2ccc(Cl)cc2Cl)c2c1CN(C(=O)O)CC2=Cc1ccc(F)cc1. The van der Waals surface area contributed by atoms with Crippen molar-refractivity contribution in [3.8, 4) is 5.69 Å². The van der Waals surface area contributed by atoms with Crippen molar-refractivity contribution in [1.29, 1.82) is 0 Å². The molecule has 0 bridgehead atoms. The number of carbonyl (C=O) groups is 2. The largest absolute Gasteiger partial charge is 0.476 e. The van der Waals surface area contributed by atoms with E-state index >= 15 is 0 Å². The van der Waals surface area contributed by atoms with Crippen molar-refractivity contribution in [1.82, 2.24) is 14.7 Å². The number of hydrogen-bond acceptors (Lipinski definition) is 3. The van der Waals surface area contributed by atoms with Gasteiger partial charge in [-0.3, -0.25) is 4.90 Å². The Bertz CT molecular complexity index is 1240. The van der Waals surface area contributed by atoms with Gasteiger partial charge in [-0.05, 0) is 47.5 Å². The lowest BCUT2D eigenvalue weighted by molar-refractivity contribution is 0.0686. The summed E-state index contributed by atoms with van der Waals surface area (Å²) in [4.78, 5) is 24.7. The molecular formula is C21H14Cl2FN3O4. The molecule has 2 heterocycles. The fourth-order valence-electron chi connectivity index (χ4n) is 3.47. The van der Waals surface area contributed by atoms with Crippen LogP contribution < -0.4 is 0 Å². The first kappa shape index (κ1) is 20.9. The summed E-state index contributed by atoms with van der Waals surface area (Å²) in [6.07, 6.45) is 0.463. The molecular weight excluding hydrogens is 448 g/mol. The summed E-state index contributed by atoms with van der Waals surface area (Å²) in [6, 6.07) is 10.3. The third-order valence-corrected chi connectivity index (χ3v) is 5.36. The molecule has 7 nitrogen and oxygen atoms in total. The number of halogens is 3. The first-order valence-electron chi connectivity index (χ1n) is 8.99. The first-order chi connectivity index (χ1) is 14.7. The van der Waals surface area contributed by atoms with E-state index in [0.29, 0.717) is 27.5 Å². The summed E-state index contributed by atoms with van der Waals surface area (Å²) in [7, 11) is 0. The zero-order valence-corrected chi connectivity index (χ0v) is 17.2. The van der Waals surface area contributed by atoms with E-state index in [1.54, 1.807) is 18.2 Å². The summed E-state index contributed by atoms with van der Waals surface area (Å²) in [5.41, 5.74) is 1.87. The molecule has 1 aromatic heterocycles. The van der Waals surface area contributed by atoms with Gasteiger partial charge in [0, 0.05) is 10.6 Å². The highest BCUT2D eigenvalue weighted by Gasteiger charge is 2.33. The van der Waals surface area contributed by atoms with E-state index in [-0.39, 0.29) is 29.4 Å². The predicted octanol–water partition coefficient (Wildman–Crippen LogP) is 5.05. The first-order valence-corrected chi connectivity index (χ1v) is 9.75. The van der Waals surface area contributed by atoms with Gasteiger partial charge in [-0.25, -0.2) is 18.7 Å². The minimum atomic E-state index is -1.30. The highest BCUT2D eigenvalue weighted by Crippen LogP contribution is 2.35. The molecule has 4 rings (SSSR count). The molecule has 2 N–H and O–H groups in total. The maximum Gasteiger partial charge on any atom is 0.407 e. The Labute approximate surface area is 185 Å². The van der Waals surface area contributed by atoms with Crippen LogP contribution in [0.25, 0.3) is 17.3 Å². The van der Waals surface area contributed by atoms with E-state index in [1.807, 2.05) is 0 Å². The molecule has 0 saturated heterocycles. The van der Waals surface area contributed by atoms with Crippen molar-refractivity contribution in [3.63, 3.8) is 0 Å². The molecule has 0 fully saturated rings. The topological polar surface area (TPSA) is 95.7 Å². The number of aromatic carboxylic acids is 1. The zero-order chi connectivity index (χ0) is 22.3. The zero-order valence-electron chi connectivity index (χ0n) is 15.7. The maximum absolute atomic E-state index is 13.3. The van der Waals surface area contributed by atoms with Crippen molar-refractivity contribution in [2.45, 2.75) is 6.54 Å². The minimum absolute atomic E-state index is 0.0182. The molecule has 0 radical (unpaired) electrons. The van der Waals surface area contributed by atoms with E-state index in [9.17, 15) is 24.2 Å². The summed E-state index contributed by atoms with van der Waals surface area (Å²) < 4.78 is 14.7. The Balaban J connectivity index is 1.98. The van der Waals surface area contributed by atoms with Gasteiger partial charge in [0.15, 0.2) is 5.69 Å². The Morgan fingerprint density at radius 1 is 1.06 bits per heavy atom. The van der Waals surface area contributed by atoms with Gasteiger partial charge in [0.2, 0.25) is 0 Å². The van der Waals surface area contributed by atoms with Crippen LogP contribution in [0.5, 0.6) is 0 Å². The second-order valence-corrected chi connectivity index (χ2v) is 7.69. The maximum atomic E-state index is 13.3. The fraction of sp³-hybridized carbons (Fsp3) is 0.0952. The molecule has 2 aromatic carbocycles. The molecule has 1 aliphatic rings. The third-order valence-electron chi connectivity index (χ3n) is 4.82. The molecule has 0 atom stereocenters. The number of carboxylic acid groups (broad SMARTS) is 2. The van der Waals surface area contributed by atoms with Crippen LogP contribution in [0.3, 0.4) is 0 Å². The Hall–Kier alpha value is -3.36. The molecule has 1 amide bonds. The second kappa shape index (κ2) is 8.05. The smallest absolute Gasteiger partial charge is 0.407 e. The number of rotatable bonds is 3. The molecule has 158 valence electrons. The summed E-state index contributed by atoms with van der Waals surface area (Å²) in [6.45, 7) is -0.173. The number of hydrogen-bond donors (Lipinski definition) is 2. The molecule has 0 unspecified atom stereocenters. The highest BCUT2D eigenvalue weighted by molar-refractivity contribution is 6.35. The van der Waals surface area contributed by atoms with Gasteiger partial charge >= 0.3 is 12.1 Å². The average Bonchev–Trinajstić information content (AvgIpc) is 3.09. The minimum Gasteiger partial charge on any atom is -0.476 e. The summed E-state index contributed by atoms with van der Waals surface area (Å²) in [5.74, 6) is -1.71. The molecule has 31 heavy (non-hydrogen) atoms. The van der Waals surface area contributed by atoms with Gasteiger partial charge in [-0.2, -0.15) is 5.10 Å². The monoisotopic (exact) mass is 461 g/mol. The van der Waals surface area contributed by atoms with Gasteiger partial charge in [0.25, 0.3) is 0 Å². The molecule has 0 spiro atoms. The fourth-order valence-corrected chi connectivity index (χ4v) is 3.95. The number of amides is 1. The Morgan fingerprint density at radius 2 is 1.77 bits per heavy atom. The van der Waals surface area contributed by atoms with Crippen LogP contribution in [-0.2, 0) is 6.54 Å². The standard InChI is InChI=1S/C21H14Cl2FN3O4/c22-13-3-6-17(16(23)8-13)27-19-12(7-11-1-4-14(24)5-2-11)9-26(21(30)31)10-15(19)18(25-27)20(28)29/h1-8H,9-10H2,(H,28,29)(H,30,31). The van der Waals surface area contributed by atoms with E-state index in [4.69, 9.17) is 23.2 Å². The van der Waals surface area contributed by atoms with Gasteiger partial charge in [-0.15, -0.1) is 0 Å². The van der Waals surface area contributed by atoms with Crippen molar-refractivity contribution in [2.75, 3.05) is 6.54 Å². The number of carboxylic acids is 1. The Kier molecular flexibility index (Phi) is 5.43. The second-order valence-electron chi connectivity index (χ2n) is 6.85. The summed E-state index contributed by atoms with van der Waals surface area (Å²) >= 11 is 12.3. The lowest BCUT2D eigenvalue weighted by Gasteiger charge is -2.27. The van der Waals surface area contributed by atoms with Crippen LogP contribution in [0, 0.1) is 5.82 Å². The van der Waals surface area contributed by atoms with Crippen LogP contribution in [0.15, 0.2) is 42.5 Å². The van der Waals surface area contributed by atoms with Gasteiger partial charge in [0.1, 0.15) is 5.82 Å². The molecule has 10 heteroatoms. The van der Waals surface area contributed by atoms with Crippen LogP contribution in [0.4, 0.5) is 9.18 Å². The van der Waals surface area contributed by atoms with Crippen molar-refractivity contribution in [3.05, 3.63) is 80.8 Å². The third kappa shape index (κ3) is 3.99. The van der Waals surface area contributed by atoms with Crippen molar-refractivity contribution in [2.24, 2.45) is 0 Å². The van der Waals surface area contributed by atoms with E-state index in [1.165, 1.54) is 35.0 Å². The number of nitrogens with zero attached hydrogens (tertiary/aromatic N) is 3. The van der Waals surface area contributed by atoms with Crippen molar-refractivity contribution >= 4 is 46.9 Å².